The quantitative estimate of drug-likeness (QED) is 0.595. The Morgan fingerprint density at radius 2 is 1.67 bits per heavy atom. The van der Waals surface area contributed by atoms with Crippen LogP contribution in [-0.4, -0.2) is 0 Å². The zero-order chi connectivity index (χ0) is 11.6. The van der Waals surface area contributed by atoms with Gasteiger partial charge in [-0.3, -0.25) is 0 Å². The van der Waals surface area contributed by atoms with Crippen molar-refractivity contribution in [2.45, 2.75) is 19.9 Å². The Balaban J connectivity index is 3.11. The minimum Gasteiger partial charge on any atom is -0.321 e. The van der Waals surface area contributed by atoms with Crippen molar-refractivity contribution in [3.05, 3.63) is 46.8 Å². The lowest BCUT2D eigenvalue weighted by Gasteiger charge is -2.08. The van der Waals surface area contributed by atoms with Crippen LogP contribution in [0.3, 0.4) is 0 Å². The molecule has 0 spiro atoms. The van der Waals surface area contributed by atoms with Crippen LogP contribution in [0, 0.1) is 17.5 Å². The summed E-state index contributed by atoms with van der Waals surface area (Å²) >= 11 is 0. The van der Waals surface area contributed by atoms with Crippen molar-refractivity contribution in [3.8, 4) is 0 Å². The third kappa shape index (κ3) is 2.83. The number of halogens is 3. The highest BCUT2D eigenvalue weighted by molar-refractivity contribution is 5.26. The van der Waals surface area contributed by atoms with Crippen molar-refractivity contribution in [1.29, 1.82) is 0 Å². The molecule has 15 heavy (non-hydrogen) atoms. The third-order valence-electron chi connectivity index (χ3n) is 1.90. The van der Waals surface area contributed by atoms with E-state index in [1.807, 2.05) is 13.8 Å². The van der Waals surface area contributed by atoms with Gasteiger partial charge in [-0.25, -0.2) is 13.2 Å². The van der Waals surface area contributed by atoms with Gasteiger partial charge in [0.15, 0.2) is 17.5 Å². The Morgan fingerprint density at radius 1 is 1.20 bits per heavy atom. The van der Waals surface area contributed by atoms with Gasteiger partial charge in [0.05, 0.1) is 0 Å². The first kappa shape index (κ1) is 11.8. The predicted molar refractivity (Wildman–Crippen MR) is 52.7 cm³/mol. The molecule has 1 rings (SSSR count). The van der Waals surface area contributed by atoms with E-state index in [-0.39, 0.29) is 5.56 Å². The van der Waals surface area contributed by atoms with E-state index in [9.17, 15) is 13.2 Å². The summed E-state index contributed by atoms with van der Waals surface area (Å²) in [6.45, 7) is 3.63. The number of hydrogen-bond acceptors (Lipinski definition) is 1. The minimum atomic E-state index is -1.47. The summed E-state index contributed by atoms with van der Waals surface area (Å²) in [4.78, 5) is 0. The maximum absolute atomic E-state index is 12.8. The average Bonchev–Trinajstić information content (AvgIpc) is 2.12. The van der Waals surface area contributed by atoms with Gasteiger partial charge >= 0.3 is 0 Å². The molecule has 0 bridgehead atoms. The average molecular weight is 215 g/mol. The molecule has 0 radical (unpaired) electrons. The molecule has 0 heterocycles. The van der Waals surface area contributed by atoms with E-state index < -0.39 is 23.5 Å². The van der Waals surface area contributed by atoms with Crippen molar-refractivity contribution in [2.75, 3.05) is 0 Å². The summed E-state index contributed by atoms with van der Waals surface area (Å²) in [6, 6.07) is 1.19. The Hall–Kier alpha value is -1.29. The van der Waals surface area contributed by atoms with Gasteiger partial charge < -0.3 is 5.73 Å². The Bertz CT molecular complexity index is 372. The summed E-state index contributed by atoms with van der Waals surface area (Å²) < 4.78 is 38.3. The van der Waals surface area contributed by atoms with Gasteiger partial charge in [0.1, 0.15) is 0 Å². The lowest BCUT2D eigenvalue weighted by atomic mass is 10.1. The Labute approximate surface area is 86.4 Å². The van der Waals surface area contributed by atoms with E-state index >= 15 is 0 Å². The second-order valence-corrected chi connectivity index (χ2v) is 3.57. The summed E-state index contributed by atoms with van der Waals surface area (Å²) in [6.07, 6.45) is 1.64. The molecule has 82 valence electrons. The van der Waals surface area contributed by atoms with Crippen LogP contribution < -0.4 is 5.73 Å². The fraction of sp³-hybridized carbons (Fsp3) is 0.273. The Morgan fingerprint density at radius 3 is 2.07 bits per heavy atom. The van der Waals surface area contributed by atoms with Crippen LogP contribution in [0.15, 0.2) is 23.8 Å². The molecular formula is C11H12F3N. The molecule has 1 unspecified atom stereocenters. The molecule has 0 aliphatic carbocycles. The normalized spacial score (nSPS) is 12.4. The van der Waals surface area contributed by atoms with Crippen LogP contribution in [0.2, 0.25) is 0 Å². The first-order valence-corrected chi connectivity index (χ1v) is 4.47. The largest absolute Gasteiger partial charge is 0.321 e. The second-order valence-electron chi connectivity index (χ2n) is 3.57. The summed E-state index contributed by atoms with van der Waals surface area (Å²) in [7, 11) is 0. The minimum absolute atomic E-state index is 0.215. The third-order valence-corrected chi connectivity index (χ3v) is 1.90. The van der Waals surface area contributed by atoms with Crippen molar-refractivity contribution < 1.29 is 13.2 Å². The van der Waals surface area contributed by atoms with Crippen molar-refractivity contribution in [1.82, 2.24) is 0 Å². The number of rotatable bonds is 2. The molecule has 4 heteroatoms. The highest BCUT2D eigenvalue weighted by Crippen LogP contribution is 2.19. The molecule has 0 saturated heterocycles. The van der Waals surface area contributed by atoms with Crippen LogP contribution in [0.1, 0.15) is 25.5 Å². The number of benzene rings is 1. The van der Waals surface area contributed by atoms with E-state index in [1.54, 1.807) is 6.08 Å². The smallest absolute Gasteiger partial charge is 0.194 e. The van der Waals surface area contributed by atoms with Crippen LogP contribution in [-0.2, 0) is 0 Å². The summed E-state index contributed by atoms with van der Waals surface area (Å²) in [5, 5.41) is 0. The molecule has 0 amide bonds. The van der Waals surface area contributed by atoms with Gasteiger partial charge in [0.25, 0.3) is 0 Å². The topological polar surface area (TPSA) is 26.0 Å². The predicted octanol–water partition coefficient (Wildman–Crippen LogP) is 3.07. The zero-order valence-electron chi connectivity index (χ0n) is 8.52. The molecule has 1 aromatic rings. The van der Waals surface area contributed by atoms with Crippen LogP contribution in [0.4, 0.5) is 13.2 Å². The van der Waals surface area contributed by atoms with Gasteiger partial charge in [-0.15, -0.1) is 0 Å². The first-order valence-electron chi connectivity index (χ1n) is 4.47. The van der Waals surface area contributed by atoms with Gasteiger partial charge in [-0.2, -0.15) is 0 Å². The number of hydrogen-bond donors (Lipinski definition) is 1. The molecule has 1 atom stereocenters. The molecule has 0 aliphatic rings. The van der Waals surface area contributed by atoms with Crippen molar-refractivity contribution in [2.24, 2.45) is 5.73 Å². The summed E-state index contributed by atoms with van der Waals surface area (Å²) in [5.41, 5.74) is 6.79. The SMILES string of the molecule is CC(C)=CC(N)c1cc(F)c(F)c(F)c1. The molecule has 1 aromatic carbocycles. The molecule has 0 fully saturated rings. The van der Waals surface area contributed by atoms with Crippen LogP contribution >= 0.6 is 0 Å². The number of allylic oxidation sites excluding steroid dienone is 1. The highest BCUT2D eigenvalue weighted by atomic mass is 19.2. The van der Waals surface area contributed by atoms with E-state index in [0.29, 0.717) is 0 Å². The van der Waals surface area contributed by atoms with E-state index in [4.69, 9.17) is 5.73 Å². The summed E-state index contributed by atoms with van der Waals surface area (Å²) in [5.74, 6) is -3.91. The fourth-order valence-electron chi connectivity index (χ4n) is 1.22. The molecule has 0 aliphatic heterocycles. The lowest BCUT2D eigenvalue weighted by molar-refractivity contribution is 0.444. The first-order chi connectivity index (χ1) is 6.91. The zero-order valence-corrected chi connectivity index (χ0v) is 8.52. The van der Waals surface area contributed by atoms with Crippen LogP contribution in [0.25, 0.3) is 0 Å². The van der Waals surface area contributed by atoms with Crippen molar-refractivity contribution in [3.63, 3.8) is 0 Å². The maximum Gasteiger partial charge on any atom is 0.194 e. The van der Waals surface area contributed by atoms with Gasteiger partial charge in [0, 0.05) is 6.04 Å². The van der Waals surface area contributed by atoms with Gasteiger partial charge in [-0.05, 0) is 31.5 Å². The van der Waals surface area contributed by atoms with E-state index in [2.05, 4.69) is 0 Å². The van der Waals surface area contributed by atoms with Crippen molar-refractivity contribution >= 4 is 0 Å². The molecular weight excluding hydrogens is 203 g/mol. The fourth-order valence-corrected chi connectivity index (χ4v) is 1.22. The van der Waals surface area contributed by atoms with Gasteiger partial charge in [0.2, 0.25) is 0 Å². The van der Waals surface area contributed by atoms with E-state index in [0.717, 1.165) is 17.7 Å². The lowest BCUT2D eigenvalue weighted by Crippen LogP contribution is -2.09. The standard InChI is InChI=1S/C11H12F3N/c1-6(2)3-10(15)7-4-8(12)11(14)9(13)5-7/h3-5,10H,15H2,1-2H3. The van der Waals surface area contributed by atoms with E-state index in [1.165, 1.54) is 0 Å². The number of nitrogens with two attached hydrogens (primary N) is 1. The molecule has 0 aromatic heterocycles. The maximum atomic E-state index is 12.8. The Kier molecular flexibility index (Phi) is 3.52. The second kappa shape index (κ2) is 4.49. The monoisotopic (exact) mass is 215 g/mol. The molecule has 0 saturated carbocycles. The highest BCUT2D eigenvalue weighted by Gasteiger charge is 2.13. The molecule has 2 N–H and O–H groups in total. The van der Waals surface area contributed by atoms with Crippen LogP contribution in [0.5, 0.6) is 0 Å². The molecule has 1 nitrogen and oxygen atoms in total. The van der Waals surface area contributed by atoms with Gasteiger partial charge in [-0.1, -0.05) is 11.6 Å².